The van der Waals surface area contributed by atoms with E-state index in [2.05, 4.69) is 55.1 Å². The molecule has 1 heterocycles. The Balaban J connectivity index is 0.00000208. The molecule has 0 aliphatic carbocycles. The quantitative estimate of drug-likeness (QED) is 0.871. The van der Waals surface area contributed by atoms with Crippen LogP contribution in [0.3, 0.4) is 0 Å². The molecule has 2 unspecified atom stereocenters. The van der Waals surface area contributed by atoms with E-state index in [1.54, 1.807) is 6.07 Å². The fourth-order valence-electron chi connectivity index (χ4n) is 3.74. The van der Waals surface area contributed by atoms with Gasteiger partial charge >= 0.3 is 0 Å². The summed E-state index contributed by atoms with van der Waals surface area (Å²) in [6.07, 6.45) is 2.27. The van der Waals surface area contributed by atoms with Gasteiger partial charge < -0.3 is 10.0 Å². The summed E-state index contributed by atoms with van der Waals surface area (Å²) in [5.41, 5.74) is 2.84. The van der Waals surface area contributed by atoms with Gasteiger partial charge in [-0.3, -0.25) is 0 Å². The molecule has 1 N–H and O–H groups in total. The Morgan fingerprint density at radius 3 is 2.54 bits per heavy atom. The van der Waals surface area contributed by atoms with E-state index in [0.717, 1.165) is 32.5 Å². The Hall–Kier alpha value is -1.51. The lowest BCUT2D eigenvalue weighted by Crippen LogP contribution is -2.47. The first-order valence-electron chi connectivity index (χ1n) is 8.64. The third-order valence-electron chi connectivity index (χ3n) is 5.63. The molecule has 1 fully saturated rings. The van der Waals surface area contributed by atoms with Gasteiger partial charge in [-0.15, -0.1) is 12.4 Å². The van der Waals surface area contributed by atoms with E-state index in [1.165, 1.54) is 11.1 Å². The highest BCUT2D eigenvalue weighted by atomic mass is 35.5. The number of hydrogen-bond acceptors (Lipinski definition) is 2. The molecule has 0 radical (unpaired) electrons. The number of phenols is 1. The average Bonchev–Trinajstić information content (AvgIpc) is 2.57. The third-order valence-corrected chi connectivity index (χ3v) is 5.63. The van der Waals surface area contributed by atoms with Crippen LogP contribution in [0.15, 0.2) is 54.6 Å². The monoisotopic (exact) mass is 345 g/mol. The van der Waals surface area contributed by atoms with E-state index in [1.807, 2.05) is 12.1 Å². The van der Waals surface area contributed by atoms with Crippen LogP contribution in [0.25, 0.3) is 0 Å². The minimum atomic E-state index is 0. The van der Waals surface area contributed by atoms with Crippen LogP contribution in [-0.2, 0) is 11.8 Å². The minimum Gasteiger partial charge on any atom is -0.508 e. The first-order chi connectivity index (χ1) is 11.1. The van der Waals surface area contributed by atoms with Gasteiger partial charge in [0.2, 0.25) is 0 Å². The van der Waals surface area contributed by atoms with Gasteiger partial charge in [-0.05, 0) is 54.0 Å². The summed E-state index contributed by atoms with van der Waals surface area (Å²) < 4.78 is 0. The maximum atomic E-state index is 9.80. The molecule has 1 saturated heterocycles. The Bertz CT molecular complexity index is 645. The van der Waals surface area contributed by atoms with Crippen LogP contribution in [0, 0.1) is 5.92 Å². The topological polar surface area (TPSA) is 23.5 Å². The SMILES string of the molecule is CC1CN(CCc2ccccc2)CCC1(C)c1cccc(O)c1.Cl. The van der Waals surface area contributed by atoms with Crippen molar-refractivity contribution in [1.82, 2.24) is 4.90 Å². The second-order valence-electron chi connectivity index (χ2n) is 7.16. The van der Waals surface area contributed by atoms with Gasteiger partial charge in [0.05, 0.1) is 0 Å². The zero-order valence-corrected chi connectivity index (χ0v) is 15.4. The van der Waals surface area contributed by atoms with Crippen molar-refractivity contribution in [3.8, 4) is 5.75 Å². The van der Waals surface area contributed by atoms with E-state index in [9.17, 15) is 5.11 Å². The molecule has 24 heavy (non-hydrogen) atoms. The van der Waals surface area contributed by atoms with Crippen LogP contribution in [0.5, 0.6) is 5.75 Å². The van der Waals surface area contributed by atoms with Crippen molar-refractivity contribution in [2.75, 3.05) is 19.6 Å². The highest BCUT2D eigenvalue weighted by Gasteiger charge is 2.37. The summed E-state index contributed by atoms with van der Waals surface area (Å²) in [4.78, 5) is 2.59. The third kappa shape index (κ3) is 4.12. The molecule has 2 aromatic rings. The van der Waals surface area contributed by atoms with Crippen LogP contribution >= 0.6 is 12.4 Å². The fourth-order valence-corrected chi connectivity index (χ4v) is 3.74. The molecule has 130 valence electrons. The Morgan fingerprint density at radius 2 is 1.88 bits per heavy atom. The summed E-state index contributed by atoms with van der Waals surface area (Å²) in [7, 11) is 0. The van der Waals surface area contributed by atoms with E-state index in [4.69, 9.17) is 0 Å². The summed E-state index contributed by atoms with van der Waals surface area (Å²) in [6, 6.07) is 18.6. The molecular formula is C21H28ClNO. The van der Waals surface area contributed by atoms with Gasteiger partial charge in [-0.1, -0.05) is 56.3 Å². The predicted octanol–water partition coefficient (Wildman–Crippen LogP) is 4.66. The first-order valence-corrected chi connectivity index (χ1v) is 8.64. The summed E-state index contributed by atoms with van der Waals surface area (Å²) >= 11 is 0. The molecule has 1 aliphatic heterocycles. The van der Waals surface area contributed by atoms with E-state index in [-0.39, 0.29) is 17.8 Å². The van der Waals surface area contributed by atoms with Gasteiger partial charge in [0.25, 0.3) is 0 Å². The predicted molar refractivity (Wildman–Crippen MR) is 103 cm³/mol. The van der Waals surface area contributed by atoms with Gasteiger partial charge in [-0.25, -0.2) is 0 Å². The zero-order chi connectivity index (χ0) is 16.3. The lowest BCUT2D eigenvalue weighted by atomic mass is 9.68. The van der Waals surface area contributed by atoms with Crippen molar-refractivity contribution >= 4 is 12.4 Å². The van der Waals surface area contributed by atoms with Crippen molar-refractivity contribution < 1.29 is 5.11 Å². The maximum absolute atomic E-state index is 9.80. The van der Waals surface area contributed by atoms with Gasteiger partial charge in [0.1, 0.15) is 5.75 Å². The summed E-state index contributed by atoms with van der Waals surface area (Å²) in [5, 5.41) is 9.80. The Kier molecular flexibility index (Phi) is 6.31. The van der Waals surface area contributed by atoms with E-state index < -0.39 is 0 Å². The summed E-state index contributed by atoms with van der Waals surface area (Å²) in [6.45, 7) is 8.08. The second kappa shape index (κ2) is 8.04. The normalized spacial score (nSPS) is 24.3. The van der Waals surface area contributed by atoms with Crippen LogP contribution in [0.2, 0.25) is 0 Å². The molecular weight excluding hydrogens is 318 g/mol. The summed E-state index contributed by atoms with van der Waals surface area (Å²) in [5.74, 6) is 0.955. The Labute approximate surface area is 151 Å². The van der Waals surface area contributed by atoms with Crippen molar-refractivity contribution in [3.63, 3.8) is 0 Å². The molecule has 0 spiro atoms. The number of rotatable bonds is 4. The number of aromatic hydroxyl groups is 1. The first kappa shape index (κ1) is 18.8. The highest BCUT2D eigenvalue weighted by Crippen LogP contribution is 2.40. The number of likely N-dealkylation sites (tertiary alicyclic amines) is 1. The molecule has 2 nitrogen and oxygen atoms in total. The lowest BCUT2D eigenvalue weighted by Gasteiger charge is -2.45. The van der Waals surface area contributed by atoms with Crippen LogP contribution in [0.1, 0.15) is 31.4 Å². The maximum Gasteiger partial charge on any atom is 0.115 e. The van der Waals surface area contributed by atoms with Crippen molar-refractivity contribution in [2.45, 2.75) is 32.1 Å². The van der Waals surface area contributed by atoms with Crippen LogP contribution in [0.4, 0.5) is 0 Å². The number of halogens is 1. The van der Waals surface area contributed by atoms with Gasteiger partial charge in [-0.2, -0.15) is 0 Å². The molecule has 3 heteroatoms. The molecule has 2 aromatic carbocycles. The van der Waals surface area contributed by atoms with E-state index in [0.29, 0.717) is 11.7 Å². The molecule has 0 saturated carbocycles. The average molecular weight is 346 g/mol. The standard InChI is InChI=1S/C21H27NO.ClH/c1-17-16-22(13-11-18-7-4-3-5-8-18)14-12-21(17,2)19-9-6-10-20(23)15-19;/h3-10,15,17,23H,11-14,16H2,1-2H3;1H. The molecule has 2 atom stereocenters. The fraction of sp³-hybridized carbons (Fsp3) is 0.429. The smallest absolute Gasteiger partial charge is 0.115 e. The minimum absolute atomic E-state index is 0. The Morgan fingerprint density at radius 1 is 1.12 bits per heavy atom. The van der Waals surface area contributed by atoms with Gasteiger partial charge in [0.15, 0.2) is 0 Å². The number of piperidine rings is 1. The van der Waals surface area contributed by atoms with Crippen LogP contribution < -0.4 is 0 Å². The largest absolute Gasteiger partial charge is 0.508 e. The van der Waals surface area contributed by atoms with Gasteiger partial charge in [0, 0.05) is 13.1 Å². The second-order valence-corrected chi connectivity index (χ2v) is 7.16. The number of nitrogens with zero attached hydrogens (tertiary/aromatic N) is 1. The van der Waals surface area contributed by atoms with Crippen molar-refractivity contribution in [2.24, 2.45) is 5.92 Å². The number of phenolic OH excluding ortho intramolecular Hbond substituents is 1. The highest BCUT2D eigenvalue weighted by molar-refractivity contribution is 5.85. The zero-order valence-electron chi connectivity index (χ0n) is 14.6. The van der Waals surface area contributed by atoms with E-state index >= 15 is 0 Å². The molecule has 0 amide bonds. The number of benzene rings is 2. The molecule has 0 bridgehead atoms. The molecule has 0 aromatic heterocycles. The van der Waals surface area contributed by atoms with Crippen LogP contribution in [-0.4, -0.2) is 29.6 Å². The van der Waals surface area contributed by atoms with Crippen molar-refractivity contribution in [1.29, 1.82) is 0 Å². The van der Waals surface area contributed by atoms with Crippen molar-refractivity contribution in [3.05, 3.63) is 65.7 Å². The number of hydrogen-bond donors (Lipinski definition) is 1. The lowest BCUT2D eigenvalue weighted by molar-refractivity contribution is 0.112. The molecule has 3 rings (SSSR count). The molecule has 1 aliphatic rings.